The molecule has 190 valence electrons. The van der Waals surface area contributed by atoms with Gasteiger partial charge in [0.25, 0.3) is 11.7 Å². The molecule has 0 aromatic heterocycles. The topological polar surface area (TPSA) is 83.9 Å². The summed E-state index contributed by atoms with van der Waals surface area (Å²) >= 11 is 0. The minimum absolute atomic E-state index is 0.0271. The molecule has 6 heteroatoms. The van der Waals surface area contributed by atoms with Gasteiger partial charge in [0.05, 0.1) is 23.8 Å². The molecule has 0 bridgehead atoms. The molecule has 1 heterocycles. The number of aliphatic hydroxyl groups is 1. The van der Waals surface area contributed by atoms with E-state index in [2.05, 4.69) is 0 Å². The first kappa shape index (κ1) is 25.9. The lowest BCUT2D eigenvalue weighted by atomic mass is 9.93. The van der Waals surface area contributed by atoms with Crippen LogP contribution in [0.25, 0.3) is 5.76 Å². The van der Waals surface area contributed by atoms with E-state index in [1.54, 1.807) is 30.3 Å². The predicted molar refractivity (Wildman–Crippen MR) is 143 cm³/mol. The van der Waals surface area contributed by atoms with Crippen LogP contribution in [0.4, 0.5) is 5.69 Å². The van der Waals surface area contributed by atoms with Gasteiger partial charge in [-0.25, -0.2) is 4.79 Å². The minimum atomic E-state index is -0.833. The van der Waals surface area contributed by atoms with Crippen molar-refractivity contribution in [1.29, 1.82) is 0 Å². The number of carbonyl (C=O) groups is 3. The Kier molecular flexibility index (Phi) is 7.30. The summed E-state index contributed by atoms with van der Waals surface area (Å²) in [4.78, 5) is 40.5. The molecule has 4 rings (SSSR count). The van der Waals surface area contributed by atoms with E-state index in [9.17, 15) is 19.5 Å². The zero-order valence-corrected chi connectivity index (χ0v) is 21.7. The summed E-state index contributed by atoms with van der Waals surface area (Å²) in [5.41, 5.74) is 4.96. The van der Waals surface area contributed by atoms with E-state index < -0.39 is 23.7 Å². The second kappa shape index (κ2) is 10.4. The molecule has 0 radical (unpaired) electrons. The Balaban J connectivity index is 1.81. The monoisotopic (exact) mass is 497 g/mol. The van der Waals surface area contributed by atoms with Crippen molar-refractivity contribution in [2.45, 2.75) is 40.7 Å². The van der Waals surface area contributed by atoms with Crippen molar-refractivity contribution in [1.82, 2.24) is 0 Å². The van der Waals surface area contributed by atoms with Gasteiger partial charge < -0.3 is 9.84 Å². The van der Waals surface area contributed by atoms with Crippen LogP contribution in [0.1, 0.15) is 58.1 Å². The Morgan fingerprint density at radius 1 is 0.919 bits per heavy atom. The van der Waals surface area contributed by atoms with Gasteiger partial charge in [-0.1, -0.05) is 55.8 Å². The molecule has 37 heavy (non-hydrogen) atoms. The van der Waals surface area contributed by atoms with E-state index in [0.717, 1.165) is 16.7 Å². The molecule has 3 aromatic rings. The van der Waals surface area contributed by atoms with Crippen molar-refractivity contribution in [3.8, 4) is 0 Å². The van der Waals surface area contributed by atoms with E-state index in [-0.39, 0.29) is 17.3 Å². The number of anilines is 1. The Labute approximate surface area is 217 Å². The molecule has 6 nitrogen and oxygen atoms in total. The summed E-state index contributed by atoms with van der Waals surface area (Å²) in [7, 11) is 0. The van der Waals surface area contributed by atoms with Crippen LogP contribution in [0, 0.1) is 26.7 Å². The number of ketones is 1. The van der Waals surface area contributed by atoms with Crippen LogP contribution in [0.3, 0.4) is 0 Å². The van der Waals surface area contributed by atoms with Gasteiger partial charge in [-0.15, -0.1) is 0 Å². The number of esters is 1. The fraction of sp³-hybridized carbons (Fsp3) is 0.258. The first-order valence-electron chi connectivity index (χ1n) is 12.3. The highest BCUT2D eigenvalue weighted by atomic mass is 16.5. The summed E-state index contributed by atoms with van der Waals surface area (Å²) in [6, 6.07) is 18.5. The average molecular weight is 498 g/mol. The highest BCUT2D eigenvalue weighted by Gasteiger charge is 2.47. The van der Waals surface area contributed by atoms with Gasteiger partial charge >= 0.3 is 5.97 Å². The maximum absolute atomic E-state index is 13.4. The summed E-state index contributed by atoms with van der Waals surface area (Å²) in [6.07, 6.45) is 0. The summed E-state index contributed by atoms with van der Waals surface area (Å²) < 4.78 is 5.30. The Morgan fingerprint density at radius 3 is 2.22 bits per heavy atom. The average Bonchev–Trinajstić information content (AvgIpc) is 3.14. The number of hydrogen-bond acceptors (Lipinski definition) is 5. The number of aliphatic hydroxyl groups excluding tert-OH is 1. The van der Waals surface area contributed by atoms with Crippen molar-refractivity contribution in [2.75, 3.05) is 11.5 Å². The predicted octanol–water partition coefficient (Wildman–Crippen LogP) is 6.05. The van der Waals surface area contributed by atoms with Crippen LogP contribution in [-0.2, 0) is 14.3 Å². The van der Waals surface area contributed by atoms with E-state index in [1.165, 1.54) is 4.90 Å². The molecule has 1 unspecified atom stereocenters. The third-order valence-electron chi connectivity index (χ3n) is 6.51. The summed E-state index contributed by atoms with van der Waals surface area (Å²) in [6.45, 7) is 10.0. The number of hydrogen-bond donors (Lipinski definition) is 1. The first-order valence-corrected chi connectivity index (χ1v) is 12.3. The van der Waals surface area contributed by atoms with Crippen molar-refractivity contribution in [2.24, 2.45) is 5.92 Å². The Morgan fingerprint density at radius 2 is 1.59 bits per heavy atom. The van der Waals surface area contributed by atoms with Gasteiger partial charge in [0.1, 0.15) is 5.76 Å². The number of amides is 1. The molecule has 1 atom stereocenters. The second-order valence-electron chi connectivity index (χ2n) is 9.92. The molecule has 1 saturated heterocycles. The van der Waals surface area contributed by atoms with Crippen LogP contribution in [0.2, 0.25) is 0 Å². The molecular weight excluding hydrogens is 466 g/mol. The van der Waals surface area contributed by atoms with E-state index in [0.29, 0.717) is 29.0 Å². The van der Waals surface area contributed by atoms with Crippen LogP contribution in [0.5, 0.6) is 0 Å². The first-order chi connectivity index (χ1) is 17.6. The number of carbonyl (C=O) groups excluding carboxylic acids is 3. The third-order valence-corrected chi connectivity index (χ3v) is 6.51. The maximum atomic E-state index is 13.4. The van der Waals surface area contributed by atoms with Crippen LogP contribution < -0.4 is 4.90 Å². The van der Waals surface area contributed by atoms with Gasteiger partial charge in [-0.3, -0.25) is 14.5 Å². The van der Waals surface area contributed by atoms with Gasteiger partial charge in [0.2, 0.25) is 0 Å². The molecule has 1 amide bonds. The summed E-state index contributed by atoms with van der Waals surface area (Å²) in [5.74, 6) is -1.96. The molecule has 1 fully saturated rings. The summed E-state index contributed by atoms with van der Waals surface area (Å²) in [5, 5.41) is 11.3. The Hall–Kier alpha value is -4.19. The lowest BCUT2D eigenvalue weighted by Crippen LogP contribution is -2.29. The second-order valence-corrected chi connectivity index (χ2v) is 9.92. The molecular formula is C31H31NO5. The molecule has 3 aromatic carbocycles. The zero-order valence-electron chi connectivity index (χ0n) is 21.7. The van der Waals surface area contributed by atoms with Gasteiger partial charge in [-0.05, 0) is 73.7 Å². The standard InChI is InChI=1S/C31H31NO5/c1-18(2)17-37-31(36)22-11-13-25(14-12-22)32-27(23-8-6-7-19(3)15-23)26(29(34)30(32)35)28(33)24-10-9-20(4)21(5)16-24/h6-16,18,27,33H,17H2,1-5H3/b28-26-. The largest absolute Gasteiger partial charge is 0.507 e. The van der Waals surface area contributed by atoms with Gasteiger partial charge in [-0.2, -0.15) is 0 Å². The third kappa shape index (κ3) is 5.19. The number of Topliss-reactive ketones (excluding diaryl/α,β-unsaturated/α-hetero) is 1. The van der Waals surface area contributed by atoms with Crippen molar-refractivity contribution in [3.63, 3.8) is 0 Å². The lowest BCUT2D eigenvalue weighted by molar-refractivity contribution is -0.132. The van der Waals surface area contributed by atoms with Crippen molar-refractivity contribution >= 4 is 29.1 Å². The number of nitrogens with zero attached hydrogens (tertiary/aromatic N) is 1. The fourth-order valence-corrected chi connectivity index (χ4v) is 4.38. The SMILES string of the molecule is Cc1cccc(C2/C(=C(/O)c3ccc(C)c(C)c3)C(=O)C(=O)N2c2ccc(C(=O)OCC(C)C)cc2)c1. The molecule has 1 aliphatic heterocycles. The van der Waals surface area contributed by atoms with E-state index in [1.807, 2.05) is 71.0 Å². The van der Waals surface area contributed by atoms with E-state index >= 15 is 0 Å². The highest BCUT2D eigenvalue weighted by molar-refractivity contribution is 6.51. The molecule has 1 N–H and O–H groups in total. The van der Waals surface area contributed by atoms with Crippen LogP contribution >= 0.6 is 0 Å². The number of rotatable bonds is 6. The van der Waals surface area contributed by atoms with Crippen LogP contribution in [-0.4, -0.2) is 29.4 Å². The number of benzene rings is 3. The Bertz CT molecular complexity index is 1400. The highest BCUT2D eigenvalue weighted by Crippen LogP contribution is 2.42. The molecule has 0 aliphatic carbocycles. The van der Waals surface area contributed by atoms with Crippen LogP contribution in [0.15, 0.2) is 72.3 Å². The van der Waals surface area contributed by atoms with E-state index in [4.69, 9.17) is 4.74 Å². The van der Waals surface area contributed by atoms with Gasteiger partial charge in [0.15, 0.2) is 0 Å². The normalized spacial score (nSPS) is 16.9. The fourth-order valence-electron chi connectivity index (χ4n) is 4.38. The zero-order chi connectivity index (χ0) is 26.9. The van der Waals surface area contributed by atoms with Crippen molar-refractivity contribution in [3.05, 3.63) is 106 Å². The lowest BCUT2D eigenvalue weighted by Gasteiger charge is -2.26. The maximum Gasteiger partial charge on any atom is 0.338 e. The van der Waals surface area contributed by atoms with Crippen molar-refractivity contribution < 1.29 is 24.2 Å². The minimum Gasteiger partial charge on any atom is -0.507 e. The molecule has 0 saturated carbocycles. The molecule has 1 aliphatic rings. The number of ether oxygens (including phenoxy) is 1. The molecule has 0 spiro atoms. The quantitative estimate of drug-likeness (QED) is 0.194. The number of aryl methyl sites for hydroxylation is 3. The smallest absolute Gasteiger partial charge is 0.338 e. The van der Waals surface area contributed by atoms with Gasteiger partial charge in [0, 0.05) is 11.3 Å².